The van der Waals surface area contributed by atoms with Crippen LogP contribution >= 0.6 is 0 Å². The monoisotopic (exact) mass is 425 g/mol. The van der Waals surface area contributed by atoms with Gasteiger partial charge in [0.05, 0.1) is 29.4 Å². The zero-order valence-electron chi connectivity index (χ0n) is 16.3. The summed E-state index contributed by atoms with van der Waals surface area (Å²) in [5, 5.41) is 0. The molecule has 0 atom stereocenters. The number of nitrogens with two attached hydrogens (primary N) is 1. The highest BCUT2D eigenvalue weighted by Crippen LogP contribution is 2.35. The molecule has 1 aromatic carbocycles. The van der Waals surface area contributed by atoms with Gasteiger partial charge in [0, 0.05) is 17.8 Å². The van der Waals surface area contributed by atoms with E-state index in [0.717, 1.165) is 0 Å². The molecule has 3 aromatic rings. The second-order valence-electron chi connectivity index (χ2n) is 7.32. The van der Waals surface area contributed by atoms with E-state index in [4.69, 9.17) is 10.5 Å². The van der Waals surface area contributed by atoms with Crippen LogP contribution in [0.1, 0.15) is 20.8 Å². The minimum atomic E-state index is -3.72. The summed E-state index contributed by atoms with van der Waals surface area (Å²) in [4.78, 5) is 4.30. The van der Waals surface area contributed by atoms with E-state index in [1.54, 1.807) is 31.2 Å². The Hall–Kier alpha value is -2.88. The van der Waals surface area contributed by atoms with Gasteiger partial charge in [0.15, 0.2) is 9.84 Å². The molecule has 0 unspecified atom stereocenters. The van der Waals surface area contributed by atoms with Crippen LogP contribution in [0.4, 0.5) is 14.5 Å². The lowest BCUT2D eigenvalue weighted by Crippen LogP contribution is -2.28. The van der Waals surface area contributed by atoms with Gasteiger partial charge in [-0.15, -0.1) is 0 Å². The number of ether oxygens (including phenoxy) is 2. The van der Waals surface area contributed by atoms with Crippen molar-refractivity contribution in [3.63, 3.8) is 0 Å². The fourth-order valence-corrected chi connectivity index (χ4v) is 4.11. The van der Waals surface area contributed by atoms with Gasteiger partial charge < -0.3 is 15.2 Å². The Balaban J connectivity index is 2.19. The normalized spacial score (nSPS) is 12.5. The first kappa shape index (κ1) is 20.8. The summed E-state index contributed by atoms with van der Waals surface area (Å²) in [6, 6.07) is 5.86. The molecule has 0 fully saturated rings. The second-order valence-corrected chi connectivity index (χ2v) is 10.00. The summed E-state index contributed by atoms with van der Waals surface area (Å²) in [6.45, 7) is 1.81. The number of nitrogens with zero attached hydrogens (tertiary/aromatic N) is 2. The molecule has 7 nitrogen and oxygen atoms in total. The largest absolute Gasteiger partial charge is 0.495 e. The van der Waals surface area contributed by atoms with Crippen LogP contribution in [-0.4, -0.2) is 36.3 Å². The van der Waals surface area contributed by atoms with E-state index in [-0.39, 0.29) is 22.1 Å². The van der Waals surface area contributed by atoms with Crippen molar-refractivity contribution in [2.75, 3.05) is 12.8 Å². The summed E-state index contributed by atoms with van der Waals surface area (Å²) < 4.78 is 61.1. The molecule has 0 amide bonds. The van der Waals surface area contributed by atoms with Crippen molar-refractivity contribution < 1.29 is 26.7 Å². The van der Waals surface area contributed by atoms with Gasteiger partial charge in [-0.25, -0.2) is 13.4 Å². The molecule has 2 N–H and O–H groups in total. The van der Waals surface area contributed by atoms with Crippen LogP contribution in [0.15, 0.2) is 41.6 Å². The number of pyridine rings is 1. The Labute approximate surface area is 167 Å². The standard InChI is InChI=1S/C19H21F2N3O4S/c1-19(2,3)29(25,26)16-10-24-13(9-23-17(24)8-15(16)27-4)11-5-6-14(12(22)7-11)28-18(20)21/h5-10,18H,22H2,1-4H3. The highest BCUT2D eigenvalue weighted by atomic mass is 32.2. The zero-order valence-corrected chi connectivity index (χ0v) is 17.1. The Morgan fingerprint density at radius 2 is 1.86 bits per heavy atom. The van der Waals surface area contributed by atoms with Gasteiger partial charge in [-0.2, -0.15) is 8.78 Å². The lowest BCUT2D eigenvalue weighted by atomic mass is 10.1. The van der Waals surface area contributed by atoms with Gasteiger partial charge in [0.25, 0.3) is 0 Å². The van der Waals surface area contributed by atoms with E-state index < -0.39 is 21.2 Å². The number of methoxy groups -OCH3 is 1. The molecule has 0 saturated carbocycles. The van der Waals surface area contributed by atoms with E-state index in [2.05, 4.69) is 9.72 Å². The van der Waals surface area contributed by atoms with Gasteiger partial charge in [-0.3, -0.25) is 4.40 Å². The highest BCUT2D eigenvalue weighted by molar-refractivity contribution is 7.92. The van der Waals surface area contributed by atoms with Crippen molar-refractivity contribution >= 4 is 21.2 Å². The molecular formula is C19H21F2N3O4S. The van der Waals surface area contributed by atoms with Gasteiger partial charge >= 0.3 is 6.61 Å². The Morgan fingerprint density at radius 3 is 2.41 bits per heavy atom. The predicted molar refractivity (Wildman–Crippen MR) is 105 cm³/mol. The van der Waals surface area contributed by atoms with E-state index >= 15 is 0 Å². The topological polar surface area (TPSA) is 95.9 Å². The fraction of sp³-hybridized carbons (Fsp3) is 0.316. The number of benzene rings is 1. The first-order valence-electron chi connectivity index (χ1n) is 8.60. The third-order valence-electron chi connectivity index (χ3n) is 4.41. The lowest BCUT2D eigenvalue weighted by molar-refractivity contribution is -0.0493. The van der Waals surface area contributed by atoms with E-state index in [0.29, 0.717) is 16.9 Å². The summed E-state index contributed by atoms with van der Waals surface area (Å²) in [6.07, 6.45) is 2.97. The van der Waals surface area contributed by atoms with Crippen LogP contribution < -0.4 is 15.2 Å². The predicted octanol–water partition coefficient (Wildman–Crippen LogP) is 3.77. The second kappa shape index (κ2) is 7.18. The number of nitrogen functional groups attached to an aromatic ring is 1. The zero-order chi connectivity index (χ0) is 21.6. The number of anilines is 1. The minimum Gasteiger partial charge on any atom is -0.495 e. The molecule has 0 aliphatic carbocycles. The van der Waals surface area contributed by atoms with E-state index in [9.17, 15) is 17.2 Å². The SMILES string of the molecule is COc1cc2ncc(-c3ccc(OC(F)F)c(N)c3)n2cc1S(=O)(=O)C(C)(C)C. The lowest BCUT2D eigenvalue weighted by Gasteiger charge is -2.21. The number of sulfone groups is 1. The smallest absolute Gasteiger partial charge is 0.387 e. The molecule has 0 radical (unpaired) electrons. The van der Waals surface area contributed by atoms with Crippen molar-refractivity contribution in [1.82, 2.24) is 9.38 Å². The number of halogens is 2. The van der Waals surface area contributed by atoms with Crippen molar-refractivity contribution in [2.24, 2.45) is 0 Å². The number of alkyl halides is 2. The molecule has 3 rings (SSSR count). The van der Waals surface area contributed by atoms with Crippen molar-refractivity contribution in [2.45, 2.75) is 37.0 Å². The number of hydrogen-bond donors (Lipinski definition) is 1. The van der Waals surface area contributed by atoms with Gasteiger partial charge in [-0.05, 0) is 39.0 Å². The molecule has 10 heteroatoms. The van der Waals surface area contributed by atoms with Crippen LogP contribution in [0.3, 0.4) is 0 Å². The average molecular weight is 425 g/mol. The minimum absolute atomic E-state index is 0.0184. The third kappa shape index (κ3) is 3.71. The first-order valence-corrected chi connectivity index (χ1v) is 10.1. The van der Waals surface area contributed by atoms with Crippen LogP contribution in [0.25, 0.3) is 16.9 Å². The molecule has 29 heavy (non-hydrogen) atoms. The summed E-state index contributed by atoms with van der Waals surface area (Å²) in [5.74, 6) is 0.0417. The first-order chi connectivity index (χ1) is 13.5. The maximum atomic E-state index is 13.0. The number of fused-ring (bicyclic) bond motifs is 1. The van der Waals surface area contributed by atoms with E-state index in [1.165, 1.54) is 37.7 Å². The summed E-state index contributed by atoms with van der Waals surface area (Å²) in [7, 11) is -2.33. The van der Waals surface area contributed by atoms with Crippen LogP contribution in [0.2, 0.25) is 0 Å². The molecule has 0 bridgehead atoms. The van der Waals surface area contributed by atoms with Crippen molar-refractivity contribution in [1.29, 1.82) is 0 Å². The van der Waals surface area contributed by atoms with Gasteiger partial charge in [-0.1, -0.05) is 0 Å². The van der Waals surface area contributed by atoms with Crippen LogP contribution in [-0.2, 0) is 9.84 Å². The molecule has 2 aromatic heterocycles. The summed E-state index contributed by atoms with van der Waals surface area (Å²) in [5.41, 5.74) is 7.38. The molecular weight excluding hydrogens is 404 g/mol. The summed E-state index contributed by atoms with van der Waals surface area (Å²) >= 11 is 0. The van der Waals surface area contributed by atoms with Gasteiger partial charge in [0.2, 0.25) is 0 Å². The Kier molecular flexibility index (Phi) is 5.16. The fourth-order valence-electron chi connectivity index (χ4n) is 2.80. The Bertz CT molecular complexity index is 1170. The maximum Gasteiger partial charge on any atom is 0.387 e. The number of hydrogen-bond acceptors (Lipinski definition) is 6. The number of aromatic nitrogens is 2. The number of rotatable bonds is 5. The molecule has 2 heterocycles. The quantitative estimate of drug-likeness (QED) is 0.625. The van der Waals surface area contributed by atoms with E-state index in [1.807, 2.05) is 0 Å². The third-order valence-corrected chi connectivity index (χ3v) is 6.91. The molecule has 0 spiro atoms. The molecule has 156 valence electrons. The van der Waals surface area contributed by atoms with Crippen LogP contribution in [0.5, 0.6) is 11.5 Å². The van der Waals surface area contributed by atoms with Crippen LogP contribution in [0, 0.1) is 0 Å². The maximum absolute atomic E-state index is 13.0. The van der Waals surface area contributed by atoms with Gasteiger partial charge in [0.1, 0.15) is 22.0 Å². The number of imidazole rings is 1. The van der Waals surface area contributed by atoms with Crippen molar-refractivity contribution in [3.8, 4) is 22.8 Å². The molecule has 0 saturated heterocycles. The van der Waals surface area contributed by atoms with Crippen molar-refractivity contribution in [3.05, 3.63) is 36.7 Å². The average Bonchev–Trinajstić information content (AvgIpc) is 3.04. The molecule has 0 aliphatic rings. The highest BCUT2D eigenvalue weighted by Gasteiger charge is 2.34. The molecule has 0 aliphatic heterocycles. The Morgan fingerprint density at radius 1 is 1.17 bits per heavy atom.